The van der Waals surface area contributed by atoms with Crippen LogP contribution >= 0.6 is 0 Å². The van der Waals surface area contributed by atoms with Crippen LogP contribution in [-0.4, -0.2) is 22.2 Å². The predicted octanol–water partition coefficient (Wildman–Crippen LogP) is 5.21. The Kier molecular flexibility index (Phi) is 8.18. The Morgan fingerprint density at radius 2 is 2.00 bits per heavy atom. The highest BCUT2D eigenvalue weighted by atomic mass is 16.4. The minimum atomic E-state index is -0.757. The van der Waals surface area contributed by atoms with Gasteiger partial charge in [-0.25, -0.2) is 0 Å². The van der Waals surface area contributed by atoms with E-state index in [1.165, 1.54) is 12.0 Å². The summed E-state index contributed by atoms with van der Waals surface area (Å²) in [6.45, 7) is 2.12. The van der Waals surface area contributed by atoms with Crippen LogP contribution in [0.1, 0.15) is 71.1 Å². The summed E-state index contributed by atoms with van der Waals surface area (Å²) in [6.07, 6.45) is 15.3. The van der Waals surface area contributed by atoms with E-state index in [0.29, 0.717) is 6.42 Å². The lowest BCUT2D eigenvalue weighted by Crippen LogP contribution is -2.23. The van der Waals surface area contributed by atoms with Gasteiger partial charge in [-0.3, -0.25) is 9.59 Å². The van der Waals surface area contributed by atoms with E-state index in [0.717, 1.165) is 51.4 Å². The Morgan fingerprint density at radius 1 is 1.27 bits per heavy atom. The molecule has 2 aliphatic carbocycles. The number of carboxylic acid groups (broad SMARTS) is 2. The number of aliphatic carboxylic acids is 2. The quantitative estimate of drug-likeness (QED) is 0.437. The first-order chi connectivity index (χ1) is 12.5. The van der Waals surface area contributed by atoms with E-state index in [1.54, 1.807) is 6.08 Å². The van der Waals surface area contributed by atoms with Gasteiger partial charge >= 0.3 is 11.9 Å². The van der Waals surface area contributed by atoms with E-state index in [4.69, 9.17) is 0 Å². The smallest absolute Gasteiger partial charge is 0.311 e. The van der Waals surface area contributed by atoms with Crippen molar-refractivity contribution >= 4 is 11.9 Å². The van der Waals surface area contributed by atoms with Crippen LogP contribution in [0.3, 0.4) is 0 Å². The second-order valence-corrected chi connectivity index (χ2v) is 7.69. The molecule has 1 fully saturated rings. The van der Waals surface area contributed by atoms with Gasteiger partial charge < -0.3 is 10.2 Å². The molecule has 144 valence electrons. The summed E-state index contributed by atoms with van der Waals surface area (Å²) < 4.78 is 0. The molecule has 0 saturated heterocycles. The summed E-state index contributed by atoms with van der Waals surface area (Å²) in [5.74, 6) is -1.87. The fourth-order valence-corrected chi connectivity index (χ4v) is 4.51. The Labute approximate surface area is 156 Å². The van der Waals surface area contributed by atoms with Crippen LogP contribution < -0.4 is 0 Å². The molecule has 0 aromatic carbocycles. The maximum Gasteiger partial charge on any atom is 0.311 e. The normalized spacial score (nSPS) is 24.4. The molecule has 0 amide bonds. The van der Waals surface area contributed by atoms with Crippen LogP contribution in [0.15, 0.2) is 29.5 Å². The molecule has 2 rings (SSSR count). The third-order valence-corrected chi connectivity index (χ3v) is 5.91. The molecular formula is C22H32O4. The largest absolute Gasteiger partial charge is 0.481 e. The van der Waals surface area contributed by atoms with E-state index >= 15 is 0 Å². The van der Waals surface area contributed by atoms with Crippen molar-refractivity contribution in [2.75, 3.05) is 0 Å². The van der Waals surface area contributed by atoms with E-state index < -0.39 is 17.9 Å². The zero-order chi connectivity index (χ0) is 18.9. The number of hydrogen-bond acceptors (Lipinski definition) is 2. The molecule has 3 atom stereocenters. The van der Waals surface area contributed by atoms with Gasteiger partial charge in [-0.15, -0.1) is 5.73 Å². The first-order valence-electron chi connectivity index (χ1n) is 10.1. The number of hydrogen-bond donors (Lipinski definition) is 2. The van der Waals surface area contributed by atoms with Gasteiger partial charge in [0.25, 0.3) is 0 Å². The molecule has 0 aromatic rings. The van der Waals surface area contributed by atoms with Crippen molar-refractivity contribution in [2.45, 2.75) is 71.1 Å². The molecule has 0 spiro atoms. The van der Waals surface area contributed by atoms with Crippen molar-refractivity contribution in [1.82, 2.24) is 0 Å². The van der Waals surface area contributed by atoms with Crippen LogP contribution in [0.2, 0.25) is 0 Å². The lowest BCUT2D eigenvalue weighted by molar-refractivity contribution is -0.143. The Bertz CT molecular complexity index is 577. The molecular weight excluding hydrogens is 328 g/mol. The SMILES string of the molecule is CCCC1=CCC(C(=O)O)[C@H]1CCC=C=CC(C(=O)O)C1CCCCC1. The monoisotopic (exact) mass is 360 g/mol. The number of carboxylic acids is 2. The van der Waals surface area contributed by atoms with Crippen molar-refractivity contribution < 1.29 is 19.8 Å². The van der Waals surface area contributed by atoms with E-state index in [1.807, 2.05) is 6.08 Å². The van der Waals surface area contributed by atoms with Crippen LogP contribution in [0.4, 0.5) is 0 Å². The highest BCUT2D eigenvalue weighted by molar-refractivity contribution is 5.72. The zero-order valence-electron chi connectivity index (χ0n) is 15.8. The highest BCUT2D eigenvalue weighted by Gasteiger charge is 2.33. The Balaban J connectivity index is 1.92. The van der Waals surface area contributed by atoms with Crippen molar-refractivity contribution in [1.29, 1.82) is 0 Å². The van der Waals surface area contributed by atoms with Gasteiger partial charge in [0.1, 0.15) is 0 Å². The minimum Gasteiger partial charge on any atom is -0.481 e. The average Bonchev–Trinajstić information content (AvgIpc) is 3.02. The summed E-state index contributed by atoms with van der Waals surface area (Å²) in [5, 5.41) is 18.9. The van der Waals surface area contributed by atoms with Crippen LogP contribution in [0.25, 0.3) is 0 Å². The lowest BCUT2D eigenvalue weighted by Gasteiger charge is -2.24. The summed E-state index contributed by atoms with van der Waals surface area (Å²) in [4.78, 5) is 23.0. The fraction of sp³-hybridized carbons (Fsp3) is 0.682. The van der Waals surface area contributed by atoms with Gasteiger partial charge in [-0.1, -0.05) is 44.3 Å². The molecule has 4 heteroatoms. The van der Waals surface area contributed by atoms with Gasteiger partial charge in [0.05, 0.1) is 11.8 Å². The second kappa shape index (κ2) is 10.4. The van der Waals surface area contributed by atoms with Crippen molar-refractivity contribution in [2.24, 2.45) is 23.7 Å². The third kappa shape index (κ3) is 5.60. The topological polar surface area (TPSA) is 74.6 Å². The summed E-state index contributed by atoms with van der Waals surface area (Å²) >= 11 is 0. The number of carbonyl (C=O) groups is 2. The lowest BCUT2D eigenvalue weighted by atomic mass is 9.80. The average molecular weight is 360 g/mol. The number of allylic oxidation sites excluding steroid dienone is 2. The van der Waals surface area contributed by atoms with Crippen LogP contribution in [0, 0.1) is 23.7 Å². The van der Waals surface area contributed by atoms with Crippen molar-refractivity contribution in [3.8, 4) is 0 Å². The number of rotatable bonds is 9. The summed E-state index contributed by atoms with van der Waals surface area (Å²) in [6, 6.07) is 0. The van der Waals surface area contributed by atoms with Crippen LogP contribution in [-0.2, 0) is 9.59 Å². The molecule has 0 radical (unpaired) electrons. The molecule has 2 aliphatic rings. The molecule has 2 N–H and O–H groups in total. The molecule has 0 aliphatic heterocycles. The second-order valence-electron chi connectivity index (χ2n) is 7.69. The van der Waals surface area contributed by atoms with Crippen molar-refractivity contribution in [3.05, 3.63) is 29.5 Å². The predicted molar refractivity (Wildman–Crippen MR) is 102 cm³/mol. The van der Waals surface area contributed by atoms with Gasteiger partial charge in [0, 0.05) is 0 Å². The van der Waals surface area contributed by atoms with Gasteiger partial charge in [0.15, 0.2) is 0 Å². The Morgan fingerprint density at radius 3 is 2.62 bits per heavy atom. The van der Waals surface area contributed by atoms with Gasteiger partial charge in [0.2, 0.25) is 0 Å². The zero-order valence-corrected chi connectivity index (χ0v) is 15.8. The maximum atomic E-state index is 11.5. The maximum absolute atomic E-state index is 11.5. The van der Waals surface area contributed by atoms with Gasteiger partial charge in [-0.2, -0.15) is 0 Å². The molecule has 0 bridgehead atoms. The minimum absolute atomic E-state index is 0.110. The van der Waals surface area contributed by atoms with E-state index in [9.17, 15) is 19.8 Å². The first-order valence-corrected chi connectivity index (χ1v) is 10.1. The molecule has 0 heterocycles. The van der Waals surface area contributed by atoms with E-state index in [2.05, 4.69) is 18.7 Å². The molecule has 0 aromatic heterocycles. The van der Waals surface area contributed by atoms with Crippen LogP contribution in [0.5, 0.6) is 0 Å². The van der Waals surface area contributed by atoms with E-state index in [-0.39, 0.29) is 17.8 Å². The van der Waals surface area contributed by atoms with Gasteiger partial charge in [-0.05, 0) is 62.5 Å². The van der Waals surface area contributed by atoms with Crippen molar-refractivity contribution in [3.63, 3.8) is 0 Å². The fourth-order valence-electron chi connectivity index (χ4n) is 4.51. The first kappa shape index (κ1) is 20.5. The third-order valence-electron chi connectivity index (χ3n) is 5.91. The summed E-state index contributed by atoms with van der Waals surface area (Å²) in [7, 11) is 0. The molecule has 26 heavy (non-hydrogen) atoms. The molecule has 2 unspecified atom stereocenters. The Hall–Kier alpha value is -1.80. The molecule has 4 nitrogen and oxygen atoms in total. The highest BCUT2D eigenvalue weighted by Crippen LogP contribution is 2.38. The summed E-state index contributed by atoms with van der Waals surface area (Å²) in [5.41, 5.74) is 4.36. The molecule has 1 saturated carbocycles. The standard InChI is InChI=1S/C22H32O4/c1-2-9-16-14-15-20(22(25)26)18(16)12-7-4-8-13-19(21(23)24)17-10-5-3-6-11-17/h4,13-14,17-20H,2-3,5-7,9-12,15H2,1H3,(H,23,24)(H,25,26)/t8?,18-,19?,20?/m0/s1.